The Kier molecular flexibility index (Phi) is 3.11. The summed E-state index contributed by atoms with van der Waals surface area (Å²) in [5.74, 6) is -2.71. The van der Waals surface area contributed by atoms with E-state index >= 15 is 0 Å². The molecule has 1 unspecified atom stereocenters. The van der Waals surface area contributed by atoms with Crippen LogP contribution in [0.3, 0.4) is 0 Å². The van der Waals surface area contributed by atoms with Crippen LogP contribution in [-0.2, 0) is 4.79 Å². The minimum absolute atomic E-state index is 0.172. The summed E-state index contributed by atoms with van der Waals surface area (Å²) < 4.78 is 17.8. The van der Waals surface area contributed by atoms with Crippen LogP contribution < -0.4 is 10.5 Å². The minimum atomic E-state index is -1.47. The molecule has 82 valence electrons. The third kappa shape index (κ3) is 2.16. The molecule has 0 aliphatic rings. The zero-order chi connectivity index (χ0) is 11.6. The molecule has 0 heterocycles. The van der Waals surface area contributed by atoms with Crippen LogP contribution in [0.4, 0.5) is 4.39 Å². The fourth-order valence-electron chi connectivity index (χ4n) is 1.10. The lowest BCUT2D eigenvalue weighted by Crippen LogP contribution is -2.20. The summed E-state index contributed by atoms with van der Waals surface area (Å²) in [5.41, 5.74) is 5.04. The Hall–Kier alpha value is -1.82. The predicted octanol–water partition coefficient (Wildman–Crippen LogP) is 0.624. The number of carboxylic acid groups (broad SMARTS) is 1. The van der Waals surface area contributed by atoms with Gasteiger partial charge in [-0.1, -0.05) is 0 Å². The monoisotopic (exact) mass is 215 g/mol. The minimum Gasteiger partial charge on any atom is -0.507 e. The Morgan fingerprint density at radius 1 is 1.60 bits per heavy atom. The molecular formula is C9H10FNO4. The van der Waals surface area contributed by atoms with E-state index in [2.05, 4.69) is 4.74 Å². The maximum atomic E-state index is 13.2. The molecule has 0 saturated carbocycles. The highest BCUT2D eigenvalue weighted by molar-refractivity contribution is 5.76. The van der Waals surface area contributed by atoms with Gasteiger partial charge in [0.1, 0.15) is 11.8 Å². The van der Waals surface area contributed by atoms with Gasteiger partial charge in [0, 0.05) is 11.6 Å². The number of aromatic hydroxyl groups is 1. The molecule has 0 spiro atoms. The second-order valence-electron chi connectivity index (χ2n) is 2.86. The molecule has 0 aliphatic carbocycles. The van der Waals surface area contributed by atoms with Crippen molar-refractivity contribution in [2.24, 2.45) is 5.73 Å². The molecule has 0 saturated heterocycles. The second kappa shape index (κ2) is 4.14. The van der Waals surface area contributed by atoms with Gasteiger partial charge in [0.05, 0.1) is 7.11 Å². The van der Waals surface area contributed by atoms with Crippen LogP contribution in [0.5, 0.6) is 11.5 Å². The first kappa shape index (κ1) is 11.3. The summed E-state index contributed by atoms with van der Waals surface area (Å²) in [4.78, 5) is 10.5. The van der Waals surface area contributed by atoms with Crippen molar-refractivity contribution in [3.05, 3.63) is 23.5 Å². The van der Waals surface area contributed by atoms with Gasteiger partial charge in [0.2, 0.25) is 0 Å². The first-order valence-corrected chi connectivity index (χ1v) is 4.02. The van der Waals surface area contributed by atoms with Crippen LogP contribution in [0, 0.1) is 5.82 Å². The van der Waals surface area contributed by atoms with Crippen molar-refractivity contribution >= 4 is 5.97 Å². The number of phenols is 1. The van der Waals surface area contributed by atoms with Crippen LogP contribution in [0.25, 0.3) is 0 Å². The molecule has 0 aromatic heterocycles. The van der Waals surface area contributed by atoms with Gasteiger partial charge >= 0.3 is 5.97 Å². The molecule has 15 heavy (non-hydrogen) atoms. The van der Waals surface area contributed by atoms with E-state index in [1.54, 1.807) is 0 Å². The van der Waals surface area contributed by atoms with Crippen molar-refractivity contribution in [3.63, 3.8) is 0 Å². The lowest BCUT2D eigenvalue weighted by Gasteiger charge is -2.11. The van der Waals surface area contributed by atoms with E-state index in [4.69, 9.17) is 10.8 Å². The van der Waals surface area contributed by atoms with Crippen molar-refractivity contribution in [2.75, 3.05) is 7.11 Å². The lowest BCUT2D eigenvalue weighted by atomic mass is 10.1. The molecule has 6 heteroatoms. The van der Waals surface area contributed by atoms with E-state index in [1.165, 1.54) is 7.11 Å². The highest BCUT2D eigenvalue weighted by Crippen LogP contribution is 2.30. The molecule has 5 nitrogen and oxygen atoms in total. The molecule has 0 amide bonds. The number of nitrogens with two attached hydrogens (primary N) is 1. The predicted molar refractivity (Wildman–Crippen MR) is 49.2 cm³/mol. The van der Waals surface area contributed by atoms with Crippen LogP contribution in [0.1, 0.15) is 11.6 Å². The van der Waals surface area contributed by atoms with E-state index in [0.29, 0.717) is 0 Å². The normalized spacial score (nSPS) is 12.2. The third-order valence-corrected chi connectivity index (χ3v) is 1.90. The van der Waals surface area contributed by atoms with Gasteiger partial charge in [-0.15, -0.1) is 0 Å². The molecule has 0 fully saturated rings. The summed E-state index contributed by atoms with van der Waals surface area (Å²) in [5, 5.41) is 18.0. The molecule has 1 aromatic rings. The molecule has 4 N–H and O–H groups in total. The van der Waals surface area contributed by atoms with Gasteiger partial charge in [0.25, 0.3) is 0 Å². The van der Waals surface area contributed by atoms with Gasteiger partial charge < -0.3 is 20.7 Å². The number of methoxy groups -OCH3 is 1. The highest BCUT2D eigenvalue weighted by atomic mass is 19.1. The number of carboxylic acids is 1. The standard InChI is InChI=1S/C9H10FNO4/c1-15-7-3-6(12)4(2-5(7)10)8(11)9(13)14/h2-3,8,12H,11H2,1H3,(H,13,14). The summed E-state index contributed by atoms with van der Waals surface area (Å²) >= 11 is 0. The number of hydrogen-bond donors (Lipinski definition) is 3. The van der Waals surface area contributed by atoms with Crippen molar-refractivity contribution in [1.82, 2.24) is 0 Å². The zero-order valence-electron chi connectivity index (χ0n) is 7.90. The number of ether oxygens (including phenoxy) is 1. The van der Waals surface area contributed by atoms with Gasteiger partial charge in [-0.3, -0.25) is 4.79 Å². The number of rotatable bonds is 3. The van der Waals surface area contributed by atoms with E-state index in [1.807, 2.05) is 0 Å². The van der Waals surface area contributed by atoms with E-state index < -0.39 is 23.6 Å². The van der Waals surface area contributed by atoms with Crippen LogP contribution >= 0.6 is 0 Å². The molecule has 0 radical (unpaired) electrons. The Labute approximate surface area is 84.9 Å². The van der Waals surface area contributed by atoms with E-state index in [-0.39, 0.29) is 11.3 Å². The van der Waals surface area contributed by atoms with Gasteiger partial charge in [-0.05, 0) is 6.07 Å². The van der Waals surface area contributed by atoms with E-state index in [0.717, 1.165) is 12.1 Å². The van der Waals surface area contributed by atoms with Gasteiger partial charge in [-0.25, -0.2) is 4.39 Å². The lowest BCUT2D eigenvalue weighted by molar-refractivity contribution is -0.138. The molecule has 1 aromatic carbocycles. The average Bonchev–Trinajstić information content (AvgIpc) is 2.19. The molecule has 0 bridgehead atoms. The summed E-state index contributed by atoms with van der Waals surface area (Å²) in [6, 6.07) is 0.353. The Balaban J connectivity index is 3.21. The van der Waals surface area contributed by atoms with Crippen LogP contribution in [0.2, 0.25) is 0 Å². The quantitative estimate of drug-likeness (QED) is 0.687. The molecule has 0 aliphatic heterocycles. The highest BCUT2D eigenvalue weighted by Gasteiger charge is 2.20. The summed E-state index contributed by atoms with van der Waals surface area (Å²) in [6.45, 7) is 0. The fraction of sp³-hybridized carbons (Fsp3) is 0.222. The second-order valence-corrected chi connectivity index (χ2v) is 2.86. The molecule has 1 atom stereocenters. The number of hydrogen-bond acceptors (Lipinski definition) is 4. The topological polar surface area (TPSA) is 92.8 Å². The Morgan fingerprint density at radius 2 is 2.20 bits per heavy atom. The SMILES string of the molecule is COc1cc(O)c(C(N)C(=O)O)cc1F. The molecule has 1 rings (SSSR count). The first-order valence-electron chi connectivity index (χ1n) is 4.02. The third-order valence-electron chi connectivity index (χ3n) is 1.90. The van der Waals surface area contributed by atoms with Gasteiger partial charge in [0.15, 0.2) is 11.6 Å². The number of aliphatic carboxylic acids is 1. The van der Waals surface area contributed by atoms with Crippen LogP contribution in [0.15, 0.2) is 12.1 Å². The summed E-state index contributed by atoms with van der Waals surface area (Å²) in [6.07, 6.45) is 0. The Bertz CT molecular complexity index is 394. The van der Waals surface area contributed by atoms with Crippen molar-refractivity contribution in [2.45, 2.75) is 6.04 Å². The number of phenolic OH excluding ortho intramolecular Hbond substituents is 1. The van der Waals surface area contributed by atoms with Crippen molar-refractivity contribution < 1.29 is 24.1 Å². The largest absolute Gasteiger partial charge is 0.507 e. The maximum absolute atomic E-state index is 13.2. The fourth-order valence-corrected chi connectivity index (χ4v) is 1.10. The number of benzene rings is 1. The maximum Gasteiger partial charge on any atom is 0.325 e. The van der Waals surface area contributed by atoms with Crippen molar-refractivity contribution in [1.29, 1.82) is 0 Å². The Morgan fingerprint density at radius 3 is 2.67 bits per heavy atom. The van der Waals surface area contributed by atoms with Gasteiger partial charge in [-0.2, -0.15) is 0 Å². The first-order chi connectivity index (χ1) is 6.97. The van der Waals surface area contributed by atoms with E-state index in [9.17, 15) is 14.3 Å². The molecular weight excluding hydrogens is 205 g/mol. The smallest absolute Gasteiger partial charge is 0.325 e. The average molecular weight is 215 g/mol. The number of halogens is 1. The summed E-state index contributed by atoms with van der Waals surface area (Å²) in [7, 11) is 1.23. The van der Waals surface area contributed by atoms with Crippen molar-refractivity contribution in [3.8, 4) is 11.5 Å². The van der Waals surface area contributed by atoms with Crippen LogP contribution in [-0.4, -0.2) is 23.3 Å². The zero-order valence-corrected chi connectivity index (χ0v) is 7.90. The number of carbonyl (C=O) groups is 1.